The average Bonchev–Trinajstić information content (AvgIpc) is 3.02. The summed E-state index contributed by atoms with van der Waals surface area (Å²) < 4.78 is 1.88. The second-order valence-electron chi connectivity index (χ2n) is 5.36. The molecule has 0 bridgehead atoms. The van der Waals surface area contributed by atoms with Gasteiger partial charge < -0.3 is 5.11 Å². The maximum Gasteiger partial charge on any atom is 0.216 e. The van der Waals surface area contributed by atoms with E-state index in [-0.39, 0.29) is 5.75 Å². The molecule has 2 aromatic heterocycles. The van der Waals surface area contributed by atoms with Crippen molar-refractivity contribution in [1.29, 1.82) is 0 Å². The highest BCUT2D eigenvalue weighted by Crippen LogP contribution is 2.25. The van der Waals surface area contributed by atoms with Gasteiger partial charge in [0.15, 0.2) is 5.82 Å². The zero-order valence-corrected chi connectivity index (χ0v) is 13.8. The first kappa shape index (κ1) is 15.2. The van der Waals surface area contributed by atoms with E-state index in [0.29, 0.717) is 16.2 Å². The molecule has 0 radical (unpaired) electrons. The third kappa shape index (κ3) is 2.81. The molecule has 0 aliphatic carbocycles. The van der Waals surface area contributed by atoms with Gasteiger partial charge >= 0.3 is 0 Å². The summed E-state index contributed by atoms with van der Waals surface area (Å²) in [6.45, 7) is 0. The number of fused-ring (bicyclic) bond motifs is 1. The van der Waals surface area contributed by atoms with Crippen LogP contribution in [0, 0.1) is 4.77 Å². The van der Waals surface area contributed by atoms with Crippen molar-refractivity contribution < 1.29 is 5.11 Å². The lowest BCUT2D eigenvalue weighted by Crippen LogP contribution is -1.96. The fraction of sp³-hybridized carbons (Fsp3) is 0. The van der Waals surface area contributed by atoms with Crippen LogP contribution in [0.25, 0.3) is 22.2 Å². The Morgan fingerprint density at radius 3 is 2.72 bits per heavy atom. The van der Waals surface area contributed by atoms with E-state index in [1.165, 1.54) is 4.68 Å². The normalized spacial score (nSPS) is 11.4. The summed E-state index contributed by atoms with van der Waals surface area (Å²) >= 11 is 5.27. The molecular weight excluding hydrogens is 334 g/mol. The number of benzene rings is 2. The average molecular weight is 347 g/mol. The minimum Gasteiger partial charge on any atom is -0.507 e. The van der Waals surface area contributed by atoms with Crippen LogP contribution >= 0.6 is 12.2 Å². The van der Waals surface area contributed by atoms with Crippen molar-refractivity contribution in [3.63, 3.8) is 0 Å². The lowest BCUT2D eigenvalue weighted by Gasteiger charge is -2.05. The van der Waals surface area contributed by atoms with Gasteiger partial charge in [-0.05, 0) is 41.2 Å². The van der Waals surface area contributed by atoms with Crippen LogP contribution in [0.4, 0.5) is 0 Å². The van der Waals surface area contributed by atoms with Crippen molar-refractivity contribution in [2.75, 3.05) is 0 Å². The van der Waals surface area contributed by atoms with Gasteiger partial charge in [-0.3, -0.25) is 4.98 Å². The number of rotatable bonds is 3. The molecule has 0 atom stereocenters. The van der Waals surface area contributed by atoms with E-state index in [2.05, 4.69) is 20.3 Å². The Bertz CT molecular complexity index is 1130. The second kappa shape index (κ2) is 6.29. The SMILES string of the molecule is Oc1ccc2ccccc2c1C=Nn1c(-c2ccncc2)n[nH]c1=S. The topological polar surface area (TPSA) is 79.1 Å². The van der Waals surface area contributed by atoms with Crippen molar-refractivity contribution >= 4 is 29.2 Å². The molecule has 0 saturated carbocycles. The van der Waals surface area contributed by atoms with Gasteiger partial charge in [0, 0.05) is 23.5 Å². The van der Waals surface area contributed by atoms with Gasteiger partial charge in [0.1, 0.15) is 5.75 Å². The molecule has 4 aromatic rings. The highest BCUT2D eigenvalue weighted by atomic mass is 32.1. The third-order valence-electron chi connectivity index (χ3n) is 3.84. The molecule has 4 rings (SSSR count). The Hall–Kier alpha value is -3.32. The van der Waals surface area contributed by atoms with E-state index >= 15 is 0 Å². The van der Waals surface area contributed by atoms with Crippen LogP contribution in [0.1, 0.15) is 5.56 Å². The third-order valence-corrected chi connectivity index (χ3v) is 4.10. The Morgan fingerprint density at radius 1 is 1.08 bits per heavy atom. The zero-order chi connectivity index (χ0) is 17.2. The molecule has 0 unspecified atom stereocenters. The number of hydrogen-bond donors (Lipinski definition) is 2. The van der Waals surface area contributed by atoms with Crippen molar-refractivity contribution in [2.24, 2.45) is 5.10 Å². The van der Waals surface area contributed by atoms with E-state index in [4.69, 9.17) is 12.2 Å². The first-order valence-corrected chi connectivity index (χ1v) is 7.98. The minimum atomic E-state index is 0.155. The molecule has 6 nitrogen and oxygen atoms in total. The summed E-state index contributed by atoms with van der Waals surface area (Å²) in [6, 6.07) is 15.0. The van der Waals surface area contributed by atoms with Crippen LogP contribution in [-0.2, 0) is 0 Å². The number of nitrogens with one attached hydrogen (secondary N) is 1. The van der Waals surface area contributed by atoms with Crippen molar-refractivity contribution in [3.05, 3.63) is 71.3 Å². The maximum atomic E-state index is 10.2. The Balaban J connectivity index is 1.84. The molecule has 0 amide bonds. The summed E-state index contributed by atoms with van der Waals surface area (Å²) in [5, 5.41) is 23.6. The maximum absolute atomic E-state index is 10.2. The lowest BCUT2D eigenvalue weighted by molar-refractivity contribution is 0.475. The fourth-order valence-electron chi connectivity index (χ4n) is 2.62. The quantitative estimate of drug-likeness (QED) is 0.437. The number of aromatic hydroxyl groups is 1. The lowest BCUT2D eigenvalue weighted by atomic mass is 10.0. The smallest absolute Gasteiger partial charge is 0.216 e. The molecule has 2 aromatic carbocycles. The van der Waals surface area contributed by atoms with E-state index in [1.807, 2.05) is 42.5 Å². The van der Waals surface area contributed by atoms with E-state index in [0.717, 1.165) is 16.3 Å². The molecule has 0 aliphatic heterocycles. The molecule has 0 spiro atoms. The number of pyridine rings is 1. The van der Waals surface area contributed by atoms with Crippen LogP contribution in [-0.4, -0.2) is 31.2 Å². The molecule has 2 heterocycles. The molecule has 122 valence electrons. The van der Waals surface area contributed by atoms with E-state index in [9.17, 15) is 5.11 Å². The standard InChI is InChI=1S/C18H13N5OS/c24-16-6-5-12-3-1-2-4-14(12)15(16)11-20-23-17(21-22-18(23)25)13-7-9-19-10-8-13/h1-11,24H,(H,22,25). The van der Waals surface area contributed by atoms with Crippen molar-refractivity contribution in [3.8, 4) is 17.1 Å². The van der Waals surface area contributed by atoms with Gasteiger partial charge in [0.05, 0.1) is 6.21 Å². The van der Waals surface area contributed by atoms with Crippen molar-refractivity contribution in [1.82, 2.24) is 19.9 Å². The molecule has 0 aliphatic rings. The number of hydrogen-bond acceptors (Lipinski definition) is 5. The fourth-order valence-corrected chi connectivity index (χ4v) is 2.80. The highest BCUT2D eigenvalue weighted by molar-refractivity contribution is 7.71. The van der Waals surface area contributed by atoms with Gasteiger partial charge in [-0.1, -0.05) is 30.3 Å². The number of aromatic amines is 1. The van der Waals surface area contributed by atoms with E-state index < -0.39 is 0 Å². The summed E-state index contributed by atoms with van der Waals surface area (Å²) in [7, 11) is 0. The van der Waals surface area contributed by atoms with Crippen LogP contribution in [0.2, 0.25) is 0 Å². The number of nitrogens with zero attached hydrogens (tertiary/aromatic N) is 4. The molecule has 7 heteroatoms. The molecule has 2 N–H and O–H groups in total. The zero-order valence-electron chi connectivity index (χ0n) is 13.0. The number of phenols is 1. The van der Waals surface area contributed by atoms with E-state index in [1.54, 1.807) is 24.7 Å². The molecule has 0 saturated heterocycles. The summed E-state index contributed by atoms with van der Waals surface area (Å²) in [6.07, 6.45) is 4.95. The predicted octanol–water partition coefficient (Wildman–Crippen LogP) is 3.74. The Kier molecular flexibility index (Phi) is 3.83. The van der Waals surface area contributed by atoms with Gasteiger partial charge in [-0.25, -0.2) is 5.10 Å². The van der Waals surface area contributed by atoms with Crippen LogP contribution in [0.15, 0.2) is 66.0 Å². The second-order valence-corrected chi connectivity index (χ2v) is 5.75. The largest absolute Gasteiger partial charge is 0.507 e. The van der Waals surface area contributed by atoms with Crippen LogP contribution < -0.4 is 0 Å². The first-order valence-electron chi connectivity index (χ1n) is 7.57. The summed E-state index contributed by atoms with van der Waals surface area (Å²) in [5.74, 6) is 0.728. The van der Waals surface area contributed by atoms with Crippen LogP contribution in [0.3, 0.4) is 0 Å². The van der Waals surface area contributed by atoms with Gasteiger partial charge in [0.25, 0.3) is 0 Å². The monoisotopic (exact) mass is 347 g/mol. The van der Waals surface area contributed by atoms with Gasteiger partial charge in [-0.2, -0.15) is 14.9 Å². The Morgan fingerprint density at radius 2 is 1.88 bits per heavy atom. The van der Waals surface area contributed by atoms with Gasteiger partial charge in [-0.15, -0.1) is 0 Å². The first-order chi connectivity index (χ1) is 12.2. The number of aromatic nitrogens is 4. The molecule has 0 fully saturated rings. The predicted molar refractivity (Wildman–Crippen MR) is 99.2 cm³/mol. The van der Waals surface area contributed by atoms with Gasteiger partial charge in [0.2, 0.25) is 4.77 Å². The summed E-state index contributed by atoms with van der Waals surface area (Å²) in [5.41, 5.74) is 1.46. The number of phenolic OH excluding ortho intramolecular Hbond substituents is 1. The minimum absolute atomic E-state index is 0.155. The van der Waals surface area contributed by atoms with Crippen LogP contribution in [0.5, 0.6) is 5.75 Å². The molecule has 25 heavy (non-hydrogen) atoms. The Labute approximate surface area is 148 Å². The summed E-state index contributed by atoms with van der Waals surface area (Å²) in [4.78, 5) is 4.00. The highest BCUT2D eigenvalue weighted by Gasteiger charge is 2.09. The molecular formula is C18H13N5OS. The van der Waals surface area contributed by atoms with Crippen molar-refractivity contribution in [2.45, 2.75) is 0 Å². The number of H-pyrrole nitrogens is 1.